The molecule has 0 saturated carbocycles. The van der Waals surface area contributed by atoms with Gasteiger partial charge in [-0.15, -0.1) is 4.31 Å². The van der Waals surface area contributed by atoms with Crippen molar-refractivity contribution >= 4 is 45.2 Å². The molecule has 1 aliphatic rings. The zero-order chi connectivity index (χ0) is 26.3. The van der Waals surface area contributed by atoms with Gasteiger partial charge in [0.05, 0.1) is 11.4 Å². The van der Waals surface area contributed by atoms with Crippen LogP contribution in [0.3, 0.4) is 0 Å². The van der Waals surface area contributed by atoms with Crippen molar-refractivity contribution in [2.24, 2.45) is 5.73 Å². The number of carbonyl (C=O) groups excluding carboxylic acids is 1. The van der Waals surface area contributed by atoms with Crippen LogP contribution in [0.2, 0.25) is 0 Å². The molecular formula is C26H29FN6O2S2. The summed E-state index contributed by atoms with van der Waals surface area (Å²) < 4.78 is 29.4. The van der Waals surface area contributed by atoms with Gasteiger partial charge < -0.3 is 15.2 Å². The van der Waals surface area contributed by atoms with Gasteiger partial charge in [0.1, 0.15) is 28.4 Å². The number of thiazole rings is 1. The van der Waals surface area contributed by atoms with E-state index >= 15 is 0 Å². The number of nitrogens with two attached hydrogens (primary N) is 1. The molecule has 1 atom stereocenters. The molecule has 0 spiro atoms. The van der Waals surface area contributed by atoms with Crippen molar-refractivity contribution in [3.63, 3.8) is 0 Å². The van der Waals surface area contributed by atoms with E-state index in [1.807, 2.05) is 22.3 Å². The Morgan fingerprint density at radius 2 is 1.92 bits per heavy atom. The van der Waals surface area contributed by atoms with Crippen molar-refractivity contribution < 1.29 is 13.7 Å². The molecule has 4 aromatic rings. The molecule has 1 saturated heterocycles. The lowest BCUT2D eigenvalue weighted by Gasteiger charge is -2.30. The smallest absolute Gasteiger partial charge is 0.261 e. The fraction of sp³-hybridized carbons (Fsp3) is 0.346. The first-order valence-corrected chi connectivity index (χ1v) is 14.5. The van der Waals surface area contributed by atoms with Crippen LogP contribution >= 0.6 is 11.3 Å². The Labute approximate surface area is 222 Å². The number of amides is 1. The highest BCUT2D eigenvalue weighted by molar-refractivity contribution is 7.88. The lowest BCUT2D eigenvalue weighted by molar-refractivity contribution is 0.100. The van der Waals surface area contributed by atoms with Crippen LogP contribution in [0.1, 0.15) is 46.6 Å². The Hall–Kier alpha value is -2.99. The summed E-state index contributed by atoms with van der Waals surface area (Å²) in [6.45, 7) is 3.68. The van der Waals surface area contributed by atoms with E-state index in [1.165, 1.54) is 29.0 Å². The number of imidazole rings is 1. The number of rotatable bonds is 7. The highest BCUT2D eigenvalue weighted by Gasteiger charge is 2.27. The number of pyridine rings is 1. The molecule has 5 rings (SSSR count). The number of nitrogens with zero attached hydrogens (tertiary/aromatic N) is 5. The van der Waals surface area contributed by atoms with E-state index in [9.17, 15) is 13.7 Å². The van der Waals surface area contributed by atoms with Gasteiger partial charge in [0, 0.05) is 43.3 Å². The molecule has 0 radical (unpaired) electrons. The summed E-state index contributed by atoms with van der Waals surface area (Å²) in [5.74, 6) is 0.315. The van der Waals surface area contributed by atoms with Gasteiger partial charge >= 0.3 is 0 Å². The maximum Gasteiger partial charge on any atom is 0.261 e. The Balaban J connectivity index is 1.53. The lowest BCUT2D eigenvalue weighted by Crippen LogP contribution is -2.37. The van der Waals surface area contributed by atoms with E-state index in [2.05, 4.69) is 23.6 Å². The van der Waals surface area contributed by atoms with Gasteiger partial charge in [-0.2, -0.15) is 0 Å². The van der Waals surface area contributed by atoms with Gasteiger partial charge in [-0.3, -0.25) is 9.20 Å². The molecule has 2 N–H and O–H groups in total. The molecule has 3 aromatic heterocycles. The minimum Gasteiger partial charge on any atom is -0.598 e. The molecule has 1 unspecified atom stereocenters. The SMILES string of the molecule is CCc1nc2ccc(C3CCN([S+](C)[O-])CC3)cn2c1N(C)c1nc(-c2ccc(F)cc2)c(C(N)=O)s1. The third-order valence-corrected chi connectivity index (χ3v) is 9.11. The molecule has 1 aromatic carbocycles. The number of piperidine rings is 1. The zero-order valence-corrected chi connectivity index (χ0v) is 22.6. The topological polar surface area (TPSA) is 103 Å². The number of aromatic nitrogens is 3. The lowest BCUT2D eigenvalue weighted by atomic mass is 9.91. The summed E-state index contributed by atoms with van der Waals surface area (Å²) in [6.07, 6.45) is 6.48. The average Bonchev–Trinajstić information content (AvgIpc) is 3.51. The first kappa shape index (κ1) is 25.7. The minimum absolute atomic E-state index is 0.320. The van der Waals surface area contributed by atoms with Crippen molar-refractivity contribution in [2.75, 3.05) is 31.3 Å². The third-order valence-electron chi connectivity index (χ3n) is 6.87. The number of primary amides is 1. The molecule has 194 valence electrons. The quantitative estimate of drug-likeness (QED) is 0.346. The van der Waals surface area contributed by atoms with Gasteiger partial charge in [0.2, 0.25) is 0 Å². The maximum absolute atomic E-state index is 13.5. The molecule has 1 fully saturated rings. The second kappa shape index (κ2) is 10.4. The number of hydrogen-bond acceptors (Lipinski definition) is 7. The number of aryl methyl sites for hydroxylation is 1. The van der Waals surface area contributed by atoms with Crippen molar-refractivity contribution in [3.8, 4) is 11.3 Å². The molecule has 37 heavy (non-hydrogen) atoms. The van der Waals surface area contributed by atoms with Crippen LogP contribution in [-0.2, 0) is 17.8 Å². The van der Waals surface area contributed by atoms with Gasteiger partial charge in [0.25, 0.3) is 5.91 Å². The van der Waals surface area contributed by atoms with Crippen molar-refractivity contribution in [1.82, 2.24) is 18.7 Å². The fourth-order valence-corrected chi connectivity index (χ4v) is 6.52. The minimum atomic E-state index is -0.939. The van der Waals surface area contributed by atoms with E-state index in [0.29, 0.717) is 27.2 Å². The summed E-state index contributed by atoms with van der Waals surface area (Å²) in [5, 5.41) is 0.591. The molecule has 8 nitrogen and oxygen atoms in total. The van der Waals surface area contributed by atoms with Crippen LogP contribution in [0.15, 0.2) is 42.6 Å². The Morgan fingerprint density at radius 1 is 1.22 bits per heavy atom. The Kier molecular flexibility index (Phi) is 7.21. The maximum atomic E-state index is 13.5. The number of hydrogen-bond donors (Lipinski definition) is 1. The number of halogens is 1. The highest BCUT2D eigenvalue weighted by atomic mass is 32.2. The van der Waals surface area contributed by atoms with E-state index in [-0.39, 0.29) is 5.82 Å². The number of anilines is 2. The normalized spacial score (nSPS) is 15.8. The van der Waals surface area contributed by atoms with Gasteiger partial charge in [-0.25, -0.2) is 14.4 Å². The van der Waals surface area contributed by atoms with Crippen LogP contribution in [0.4, 0.5) is 15.3 Å². The zero-order valence-electron chi connectivity index (χ0n) is 21.0. The molecular weight excluding hydrogens is 511 g/mol. The summed E-state index contributed by atoms with van der Waals surface area (Å²) >= 11 is 0.268. The number of fused-ring (bicyclic) bond motifs is 1. The Bertz CT molecular complexity index is 1430. The highest BCUT2D eigenvalue weighted by Crippen LogP contribution is 2.38. The van der Waals surface area contributed by atoms with E-state index in [1.54, 1.807) is 18.4 Å². The van der Waals surface area contributed by atoms with Gasteiger partial charge in [-0.05, 0) is 61.1 Å². The van der Waals surface area contributed by atoms with E-state index < -0.39 is 17.3 Å². The molecule has 1 aliphatic heterocycles. The van der Waals surface area contributed by atoms with Crippen LogP contribution in [-0.4, -0.2) is 55.5 Å². The first-order valence-electron chi connectivity index (χ1n) is 12.2. The van der Waals surface area contributed by atoms with Crippen molar-refractivity contribution in [3.05, 3.63) is 64.5 Å². The number of carbonyl (C=O) groups is 1. The first-order chi connectivity index (χ1) is 17.8. The number of benzene rings is 1. The van der Waals surface area contributed by atoms with Crippen LogP contribution in [0, 0.1) is 5.82 Å². The Morgan fingerprint density at radius 3 is 2.54 bits per heavy atom. The fourth-order valence-electron chi connectivity index (χ4n) is 4.89. The van der Waals surface area contributed by atoms with Crippen molar-refractivity contribution in [2.45, 2.75) is 32.1 Å². The van der Waals surface area contributed by atoms with Crippen molar-refractivity contribution in [1.29, 1.82) is 0 Å². The predicted molar refractivity (Wildman–Crippen MR) is 146 cm³/mol. The molecule has 0 aliphatic carbocycles. The summed E-state index contributed by atoms with van der Waals surface area (Å²) in [7, 11) is 1.91. The van der Waals surface area contributed by atoms with E-state index in [4.69, 9.17) is 15.7 Å². The van der Waals surface area contributed by atoms with Gasteiger partial charge in [0.15, 0.2) is 5.13 Å². The molecule has 4 heterocycles. The standard InChI is InChI=1S/C26H29FN6O2S2/c1-4-20-25(31(2)26-30-22(23(36-26)24(28)34)17-5-8-19(27)9-6-17)33-15-18(7-10-21(33)29-20)16-11-13-32(14-12-16)37(3)35/h5-10,15-16H,4,11-14H2,1-3H3,(H2,28,34). The molecule has 1 amide bonds. The molecule has 11 heteroatoms. The average molecular weight is 541 g/mol. The molecule has 0 bridgehead atoms. The van der Waals surface area contributed by atoms with E-state index in [0.717, 1.165) is 49.5 Å². The van der Waals surface area contributed by atoms with Gasteiger partial charge in [-0.1, -0.05) is 24.3 Å². The summed E-state index contributed by atoms with van der Waals surface area (Å²) in [6, 6.07) is 10.0. The van der Waals surface area contributed by atoms with Crippen LogP contribution in [0.25, 0.3) is 16.9 Å². The summed E-state index contributed by atoms with van der Waals surface area (Å²) in [5.41, 5.74) is 9.71. The predicted octanol–water partition coefficient (Wildman–Crippen LogP) is 4.50. The largest absolute Gasteiger partial charge is 0.598 e. The third kappa shape index (κ3) is 4.96. The monoisotopic (exact) mass is 540 g/mol. The van der Waals surface area contributed by atoms with Crippen LogP contribution < -0.4 is 10.6 Å². The second-order valence-corrected chi connectivity index (χ2v) is 11.5. The summed E-state index contributed by atoms with van der Waals surface area (Å²) in [4.78, 5) is 24.1. The second-order valence-electron chi connectivity index (χ2n) is 9.16. The van der Waals surface area contributed by atoms with Crippen LogP contribution in [0.5, 0.6) is 0 Å².